The number of hydrogen-bond acceptors (Lipinski definition) is 4. The van der Waals surface area contributed by atoms with E-state index in [-0.39, 0.29) is 37.8 Å². The van der Waals surface area contributed by atoms with Crippen molar-refractivity contribution < 1.29 is 19.4 Å². The Bertz CT molecular complexity index is 2310. The van der Waals surface area contributed by atoms with Gasteiger partial charge < -0.3 is 4.74 Å². The second-order valence-electron chi connectivity index (χ2n) is 26.4. The molecule has 0 amide bonds. The van der Waals surface area contributed by atoms with Crippen LogP contribution in [0.4, 0.5) is 0 Å². The van der Waals surface area contributed by atoms with E-state index in [9.17, 15) is 14.7 Å². The molecule has 4 aromatic carbocycles. The van der Waals surface area contributed by atoms with Crippen molar-refractivity contribution in [3.63, 3.8) is 0 Å². The van der Waals surface area contributed by atoms with E-state index in [1.807, 2.05) is 0 Å². The minimum absolute atomic E-state index is 0.101. The van der Waals surface area contributed by atoms with Crippen LogP contribution in [0.25, 0.3) is 33.4 Å². The first-order chi connectivity index (χ1) is 27.4. The van der Waals surface area contributed by atoms with E-state index in [4.69, 9.17) is 4.74 Å². The number of rotatable bonds is 5. The fraction of sp³-hybridized carbons (Fsp3) is 0.579. The summed E-state index contributed by atoms with van der Waals surface area (Å²) in [6.45, 7) is 53.7. The van der Waals surface area contributed by atoms with Gasteiger partial charge in [-0.15, -0.1) is 0 Å². The molecule has 0 atom stereocenters. The summed E-state index contributed by atoms with van der Waals surface area (Å²) in [5.74, 6) is 0.669. The predicted molar refractivity (Wildman–Crippen MR) is 272 cm³/mol. The standard InChI is InChI=1S/C57H86O4P/c1-50(2,3)34-26-28-37(40(31-34)53(10,11)12)43-44(39-30-36(52(7,8)9)33-42(48(39)61-25)55(16,17)18)49(62(58,59)60)47(57(22,23)24)45(46(43)56(19,20)21)38-29-27-35(51(4,5)6)32-41(38)54(13,14)15/h26-33,58-60H,1-25H3/q+1. The van der Waals surface area contributed by atoms with Crippen molar-refractivity contribution in [1.82, 2.24) is 0 Å². The van der Waals surface area contributed by atoms with Gasteiger partial charge in [-0.3, -0.25) is 0 Å². The SMILES string of the molecule is COc1c(-c2c(-c3ccc(C(C)(C)C)cc3C(C)(C)C)c(C(C)(C)C)c(-c3ccc(C(C)(C)C)cc3C(C)(C)C)c(C(C)(C)C)c2[P+](O)(O)O)cc(C(C)(C)C)cc1C(C)(C)C. The quantitative estimate of drug-likeness (QED) is 0.175. The smallest absolute Gasteiger partial charge is 0.441 e. The van der Waals surface area contributed by atoms with Crippen LogP contribution in [0, 0.1) is 0 Å². The molecule has 0 aromatic heterocycles. The molecular formula is C57H86O4P+. The molecule has 0 unspecified atom stereocenters. The first-order valence-electron chi connectivity index (χ1n) is 22.8. The largest absolute Gasteiger partial charge is 0.496 e. The number of methoxy groups -OCH3 is 1. The molecule has 0 heterocycles. The van der Waals surface area contributed by atoms with Crippen molar-refractivity contribution in [3.8, 4) is 39.1 Å². The van der Waals surface area contributed by atoms with E-state index in [2.05, 4.69) is 215 Å². The molecule has 0 spiro atoms. The maximum atomic E-state index is 12.5. The lowest BCUT2D eigenvalue weighted by molar-refractivity contribution is 0.346. The van der Waals surface area contributed by atoms with Gasteiger partial charge in [-0.1, -0.05) is 209 Å². The van der Waals surface area contributed by atoms with Crippen LogP contribution in [-0.2, 0) is 43.3 Å². The summed E-state index contributed by atoms with van der Waals surface area (Å²) in [7, 11) is -3.13. The van der Waals surface area contributed by atoms with Gasteiger partial charge in [-0.25, -0.2) is 0 Å². The summed E-state index contributed by atoms with van der Waals surface area (Å²) in [5.41, 5.74) is 11.3. The highest BCUT2D eigenvalue weighted by Crippen LogP contribution is 2.60. The molecular weight excluding hydrogens is 780 g/mol. The second kappa shape index (κ2) is 16.2. The maximum absolute atomic E-state index is 12.5. The number of ether oxygens (including phenoxy) is 1. The lowest BCUT2D eigenvalue weighted by atomic mass is 9.65. The van der Waals surface area contributed by atoms with Gasteiger partial charge in [0.15, 0.2) is 5.30 Å². The molecule has 0 radical (unpaired) electrons. The van der Waals surface area contributed by atoms with Crippen LogP contribution in [0.1, 0.15) is 211 Å². The van der Waals surface area contributed by atoms with Crippen molar-refractivity contribution in [1.29, 1.82) is 0 Å². The molecule has 0 saturated carbocycles. The Morgan fingerprint density at radius 1 is 0.355 bits per heavy atom. The third kappa shape index (κ3) is 10.4. The zero-order chi connectivity index (χ0) is 48.1. The topological polar surface area (TPSA) is 69.9 Å². The van der Waals surface area contributed by atoms with Crippen LogP contribution in [0.5, 0.6) is 5.75 Å². The zero-order valence-electron chi connectivity index (χ0n) is 43.8. The molecule has 342 valence electrons. The Morgan fingerprint density at radius 2 is 0.710 bits per heavy atom. The predicted octanol–water partition coefficient (Wildman–Crippen LogP) is 15.4. The lowest BCUT2D eigenvalue weighted by Crippen LogP contribution is -2.33. The third-order valence-electron chi connectivity index (χ3n) is 12.4. The Kier molecular flexibility index (Phi) is 13.4. The van der Waals surface area contributed by atoms with Crippen molar-refractivity contribution in [2.24, 2.45) is 0 Å². The van der Waals surface area contributed by atoms with E-state index in [0.29, 0.717) is 11.3 Å². The molecule has 0 bridgehead atoms. The van der Waals surface area contributed by atoms with Gasteiger partial charge >= 0.3 is 7.94 Å². The van der Waals surface area contributed by atoms with Crippen LogP contribution in [0.3, 0.4) is 0 Å². The van der Waals surface area contributed by atoms with Gasteiger partial charge in [0.1, 0.15) is 5.75 Å². The summed E-state index contributed by atoms with van der Waals surface area (Å²) in [6, 6.07) is 18.2. The van der Waals surface area contributed by atoms with Crippen LogP contribution >= 0.6 is 7.94 Å². The first kappa shape index (κ1) is 51.6. The van der Waals surface area contributed by atoms with Crippen LogP contribution in [0.15, 0.2) is 48.5 Å². The molecule has 5 heteroatoms. The lowest BCUT2D eigenvalue weighted by Gasteiger charge is -2.39. The highest BCUT2D eigenvalue weighted by atomic mass is 31.2. The van der Waals surface area contributed by atoms with E-state index in [1.54, 1.807) is 7.11 Å². The minimum Gasteiger partial charge on any atom is -0.496 e. The second-order valence-corrected chi connectivity index (χ2v) is 28.0. The van der Waals surface area contributed by atoms with Gasteiger partial charge in [0.25, 0.3) is 0 Å². The monoisotopic (exact) mass is 866 g/mol. The normalized spacial score (nSPS) is 14.1. The molecule has 0 aliphatic heterocycles. The number of benzene rings is 4. The first-order valence-corrected chi connectivity index (χ1v) is 24.5. The Morgan fingerprint density at radius 3 is 1.02 bits per heavy atom. The Balaban J connectivity index is 2.75. The average Bonchev–Trinajstić information content (AvgIpc) is 3.05. The highest BCUT2D eigenvalue weighted by molar-refractivity contribution is 7.67. The summed E-state index contributed by atoms with van der Waals surface area (Å²) >= 11 is 0. The molecule has 0 aliphatic rings. The third-order valence-corrected chi connectivity index (χ3v) is 13.5. The Labute approximate surface area is 379 Å². The molecule has 3 N–H and O–H groups in total. The molecule has 4 nitrogen and oxygen atoms in total. The number of hydrogen-bond donors (Lipinski definition) is 3. The molecule has 0 aliphatic carbocycles. The fourth-order valence-corrected chi connectivity index (χ4v) is 10.3. The van der Waals surface area contributed by atoms with E-state index in [1.165, 1.54) is 16.7 Å². The summed E-state index contributed by atoms with van der Waals surface area (Å²) in [4.78, 5) is 37.4. The van der Waals surface area contributed by atoms with Gasteiger partial charge in [0.2, 0.25) is 0 Å². The Hall–Kier alpha value is -3.01. The van der Waals surface area contributed by atoms with Crippen molar-refractivity contribution in [2.75, 3.05) is 7.11 Å². The van der Waals surface area contributed by atoms with Crippen molar-refractivity contribution in [3.05, 3.63) is 93.0 Å². The van der Waals surface area contributed by atoms with E-state index < -0.39 is 18.8 Å². The van der Waals surface area contributed by atoms with Crippen molar-refractivity contribution >= 4 is 13.2 Å². The van der Waals surface area contributed by atoms with Crippen LogP contribution in [0.2, 0.25) is 0 Å². The van der Waals surface area contributed by atoms with Gasteiger partial charge in [0, 0.05) is 22.3 Å². The minimum atomic E-state index is -4.85. The van der Waals surface area contributed by atoms with E-state index in [0.717, 1.165) is 55.6 Å². The summed E-state index contributed by atoms with van der Waals surface area (Å²) < 4.78 is 6.59. The van der Waals surface area contributed by atoms with Gasteiger partial charge in [-0.05, 0) is 105 Å². The van der Waals surface area contributed by atoms with Crippen LogP contribution in [-0.4, -0.2) is 21.8 Å². The molecule has 0 saturated heterocycles. The highest BCUT2D eigenvalue weighted by Gasteiger charge is 2.50. The van der Waals surface area contributed by atoms with Gasteiger partial charge in [-0.2, -0.15) is 14.7 Å². The molecule has 4 aromatic rings. The average molecular weight is 866 g/mol. The molecule has 0 fully saturated rings. The van der Waals surface area contributed by atoms with Gasteiger partial charge in [0.05, 0.1) is 7.11 Å². The van der Waals surface area contributed by atoms with Crippen LogP contribution < -0.4 is 10.0 Å². The molecule has 62 heavy (non-hydrogen) atoms. The summed E-state index contributed by atoms with van der Waals surface area (Å²) in [5, 5.41) is 0.187. The fourth-order valence-electron chi connectivity index (χ4n) is 9.04. The molecule has 4 rings (SSSR count). The zero-order valence-corrected chi connectivity index (χ0v) is 44.7. The van der Waals surface area contributed by atoms with E-state index >= 15 is 0 Å². The summed E-state index contributed by atoms with van der Waals surface area (Å²) in [6.07, 6.45) is 0. The maximum Gasteiger partial charge on any atom is 0.441 e. The van der Waals surface area contributed by atoms with Crippen molar-refractivity contribution in [2.45, 2.75) is 209 Å².